The van der Waals surface area contributed by atoms with Gasteiger partial charge in [0.2, 0.25) is 0 Å². The highest BCUT2D eigenvalue weighted by Gasteiger charge is 2.36. The number of nitrogens with zero attached hydrogens (tertiary/aromatic N) is 2. The van der Waals surface area contributed by atoms with Crippen molar-refractivity contribution in [2.75, 3.05) is 46.9 Å². The van der Waals surface area contributed by atoms with Gasteiger partial charge in [0.15, 0.2) is 5.96 Å². The van der Waals surface area contributed by atoms with Gasteiger partial charge in [0.1, 0.15) is 5.60 Å². The maximum absolute atomic E-state index is 12.1. The summed E-state index contributed by atoms with van der Waals surface area (Å²) in [5.74, 6) is 1.12. The van der Waals surface area contributed by atoms with Crippen LogP contribution < -0.4 is 10.6 Å². The van der Waals surface area contributed by atoms with Crippen LogP contribution in [0.15, 0.2) is 4.99 Å². The molecule has 0 heterocycles. The number of hydrogen-bond acceptors (Lipinski definition) is 4. The molecule has 0 aromatic heterocycles. The summed E-state index contributed by atoms with van der Waals surface area (Å²) < 4.78 is 10.7. The quantitative estimate of drug-likeness (QED) is 0.436. The van der Waals surface area contributed by atoms with Crippen molar-refractivity contribution in [1.29, 1.82) is 0 Å². The Hall–Kier alpha value is -1.50. The minimum absolute atomic E-state index is 0.271. The second-order valence-corrected chi connectivity index (χ2v) is 9.14. The SMILES string of the molecule is CCNC(=NCC1(CCOC)CCC1)NCC(C)CN(C)C(=O)OC(C)(C)C. The van der Waals surface area contributed by atoms with E-state index in [1.165, 1.54) is 19.3 Å². The maximum Gasteiger partial charge on any atom is 0.410 e. The number of nitrogens with one attached hydrogen (secondary N) is 2. The van der Waals surface area contributed by atoms with Gasteiger partial charge in [0, 0.05) is 46.9 Å². The zero-order valence-corrected chi connectivity index (χ0v) is 19.1. The summed E-state index contributed by atoms with van der Waals surface area (Å²) in [5.41, 5.74) is -0.168. The fourth-order valence-corrected chi connectivity index (χ4v) is 3.29. The topological polar surface area (TPSA) is 75.2 Å². The van der Waals surface area contributed by atoms with Crippen LogP contribution in [0.5, 0.6) is 0 Å². The predicted molar refractivity (Wildman–Crippen MR) is 115 cm³/mol. The first-order valence-corrected chi connectivity index (χ1v) is 10.6. The van der Waals surface area contributed by atoms with Gasteiger partial charge < -0.3 is 25.0 Å². The van der Waals surface area contributed by atoms with E-state index in [0.29, 0.717) is 12.0 Å². The molecule has 0 bridgehead atoms. The Morgan fingerprint density at radius 1 is 1.29 bits per heavy atom. The number of guanidine groups is 1. The molecule has 1 amide bonds. The monoisotopic (exact) mass is 398 g/mol. The van der Waals surface area contributed by atoms with Crippen LogP contribution in [0.25, 0.3) is 0 Å². The van der Waals surface area contributed by atoms with Gasteiger partial charge in [0.05, 0.1) is 0 Å². The summed E-state index contributed by atoms with van der Waals surface area (Å²) in [4.78, 5) is 18.6. The zero-order valence-electron chi connectivity index (χ0n) is 19.1. The summed E-state index contributed by atoms with van der Waals surface area (Å²) in [6.07, 6.45) is 4.54. The van der Waals surface area contributed by atoms with Gasteiger partial charge in [-0.25, -0.2) is 4.79 Å². The molecule has 1 aliphatic rings. The lowest BCUT2D eigenvalue weighted by Crippen LogP contribution is -2.43. The van der Waals surface area contributed by atoms with Gasteiger partial charge in [-0.05, 0) is 58.3 Å². The number of ether oxygens (including phenoxy) is 2. The molecule has 1 unspecified atom stereocenters. The van der Waals surface area contributed by atoms with Crippen molar-refractivity contribution < 1.29 is 14.3 Å². The molecule has 0 aromatic carbocycles. The zero-order chi connectivity index (χ0) is 21.2. The predicted octanol–water partition coefficient (Wildman–Crippen LogP) is 3.25. The third-order valence-corrected chi connectivity index (χ3v) is 5.08. The molecule has 1 aliphatic carbocycles. The van der Waals surface area contributed by atoms with E-state index in [2.05, 4.69) is 24.5 Å². The van der Waals surface area contributed by atoms with Crippen molar-refractivity contribution >= 4 is 12.1 Å². The fraction of sp³-hybridized carbons (Fsp3) is 0.905. The Morgan fingerprint density at radius 3 is 2.46 bits per heavy atom. The van der Waals surface area contributed by atoms with Crippen LogP contribution in [0, 0.1) is 11.3 Å². The van der Waals surface area contributed by atoms with Crippen LogP contribution in [-0.2, 0) is 9.47 Å². The van der Waals surface area contributed by atoms with Gasteiger partial charge in [-0.2, -0.15) is 0 Å². The van der Waals surface area contributed by atoms with E-state index in [0.717, 1.165) is 38.6 Å². The van der Waals surface area contributed by atoms with Crippen molar-refractivity contribution in [2.45, 2.75) is 65.9 Å². The molecule has 0 spiro atoms. The Balaban J connectivity index is 2.49. The third-order valence-electron chi connectivity index (χ3n) is 5.08. The summed E-state index contributed by atoms with van der Waals surface area (Å²) >= 11 is 0. The van der Waals surface area contributed by atoms with Crippen LogP contribution in [0.2, 0.25) is 0 Å². The van der Waals surface area contributed by atoms with Crippen molar-refractivity contribution in [3.05, 3.63) is 0 Å². The van der Waals surface area contributed by atoms with Crippen molar-refractivity contribution in [3.63, 3.8) is 0 Å². The first-order chi connectivity index (χ1) is 13.1. The summed E-state index contributed by atoms with van der Waals surface area (Å²) in [6, 6.07) is 0. The van der Waals surface area contributed by atoms with Crippen LogP contribution >= 0.6 is 0 Å². The number of rotatable bonds is 10. The Kier molecular flexibility index (Phi) is 10.1. The lowest BCUT2D eigenvalue weighted by molar-refractivity contribution is 0.0278. The highest BCUT2D eigenvalue weighted by Crippen LogP contribution is 2.44. The van der Waals surface area contributed by atoms with Gasteiger partial charge in [-0.1, -0.05) is 13.3 Å². The molecule has 0 aliphatic heterocycles. The highest BCUT2D eigenvalue weighted by molar-refractivity contribution is 5.79. The van der Waals surface area contributed by atoms with E-state index in [1.54, 1.807) is 19.1 Å². The van der Waals surface area contributed by atoms with E-state index >= 15 is 0 Å². The molecule has 28 heavy (non-hydrogen) atoms. The molecule has 2 N–H and O–H groups in total. The van der Waals surface area contributed by atoms with Crippen LogP contribution in [0.1, 0.15) is 60.3 Å². The molecule has 164 valence electrons. The molecule has 0 radical (unpaired) electrons. The van der Waals surface area contributed by atoms with Crippen LogP contribution in [-0.4, -0.2) is 69.5 Å². The van der Waals surface area contributed by atoms with E-state index in [9.17, 15) is 4.79 Å². The molecule has 1 rings (SSSR count). The first-order valence-electron chi connectivity index (χ1n) is 10.6. The average molecular weight is 399 g/mol. The number of amides is 1. The standard InChI is InChI=1S/C21H42N4O3/c1-8-22-18(24-16-21(10-9-11-21)12-13-27-7)23-14-17(2)15-25(6)19(26)28-20(3,4)5/h17H,8-16H2,1-7H3,(H2,22,23,24). The molecule has 0 saturated heterocycles. The van der Waals surface area contributed by atoms with Crippen molar-refractivity contribution in [2.24, 2.45) is 16.3 Å². The maximum atomic E-state index is 12.1. The highest BCUT2D eigenvalue weighted by atomic mass is 16.6. The summed E-state index contributed by atoms with van der Waals surface area (Å²) in [7, 11) is 3.54. The lowest BCUT2D eigenvalue weighted by Gasteiger charge is -2.40. The summed E-state index contributed by atoms with van der Waals surface area (Å²) in [5, 5.41) is 6.74. The van der Waals surface area contributed by atoms with E-state index in [4.69, 9.17) is 14.5 Å². The minimum Gasteiger partial charge on any atom is -0.444 e. The number of carbonyl (C=O) groups is 1. The van der Waals surface area contributed by atoms with Crippen LogP contribution in [0.3, 0.4) is 0 Å². The first kappa shape index (κ1) is 24.5. The Morgan fingerprint density at radius 2 is 1.96 bits per heavy atom. The molecule has 1 atom stereocenters. The Bertz CT molecular complexity index is 498. The molecule has 0 aromatic rings. The van der Waals surface area contributed by atoms with Crippen molar-refractivity contribution in [1.82, 2.24) is 15.5 Å². The smallest absolute Gasteiger partial charge is 0.410 e. The summed E-state index contributed by atoms with van der Waals surface area (Å²) in [6.45, 7) is 13.6. The number of carbonyl (C=O) groups excluding carboxylic acids is 1. The number of hydrogen-bond donors (Lipinski definition) is 2. The second-order valence-electron chi connectivity index (χ2n) is 9.14. The van der Waals surface area contributed by atoms with Gasteiger partial charge in [0.25, 0.3) is 0 Å². The largest absolute Gasteiger partial charge is 0.444 e. The molecule has 1 saturated carbocycles. The van der Waals surface area contributed by atoms with Crippen molar-refractivity contribution in [3.8, 4) is 0 Å². The molecular weight excluding hydrogens is 356 g/mol. The average Bonchev–Trinajstić information content (AvgIpc) is 2.56. The van der Waals surface area contributed by atoms with E-state index in [1.807, 2.05) is 20.8 Å². The molecule has 7 heteroatoms. The van der Waals surface area contributed by atoms with Gasteiger partial charge in [-0.15, -0.1) is 0 Å². The van der Waals surface area contributed by atoms with E-state index in [-0.39, 0.29) is 12.0 Å². The normalized spacial score (nSPS) is 17.5. The third kappa shape index (κ3) is 9.13. The number of methoxy groups -OCH3 is 1. The fourth-order valence-electron chi connectivity index (χ4n) is 3.29. The molecule has 7 nitrogen and oxygen atoms in total. The second kappa shape index (κ2) is 11.5. The lowest BCUT2D eigenvalue weighted by atomic mass is 9.67. The molecule has 1 fully saturated rings. The van der Waals surface area contributed by atoms with Gasteiger partial charge >= 0.3 is 6.09 Å². The minimum atomic E-state index is -0.474. The van der Waals surface area contributed by atoms with Gasteiger partial charge in [-0.3, -0.25) is 4.99 Å². The molecular formula is C21H42N4O3. The number of aliphatic imine (C=N–C) groups is 1. The van der Waals surface area contributed by atoms with Crippen LogP contribution in [0.4, 0.5) is 4.79 Å². The van der Waals surface area contributed by atoms with E-state index < -0.39 is 5.60 Å². The Labute approximate surface area is 171 Å².